The highest BCUT2D eigenvalue weighted by molar-refractivity contribution is 4.49. The van der Waals surface area contributed by atoms with Gasteiger partial charge in [-0.05, 0) is 40.0 Å². The Bertz CT molecular complexity index is 206. The molecule has 2 nitrogen and oxygen atoms in total. The molecule has 2 N–H and O–H groups in total. The van der Waals surface area contributed by atoms with E-state index < -0.39 is 0 Å². The summed E-state index contributed by atoms with van der Waals surface area (Å²) >= 11 is 0. The van der Waals surface area contributed by atoms with Crippen molar-refractivity contribution in [3.05, 3.63) is 0 Å². The molecule has 0 aromatic carbocycles. The van der Waals surface area contributed by atoms with Gasteiger partial charge in [-0.25, -0.2) is 0 Å². The third kappa shape index (κ3) is 31.7. The molecule has 0 aliphatic rings. The molecule has 160 valence electrons. The van der Waals surface area contributed by atoms with Crippen molar-refractivity contribution in [3.8, 4) is 0 Å². The van der Waals surface area contributed by atoms with Crippen LogP contribution in [0.2, 0.25) is 0 Å². The van der Waals surface area contributed by atoms with Crippen molar-refractivity contribution in [1.29, 1.82) is 0 Å². The maximum Gasteiger partial charge on any atom is -0.00248 e. The molecule has 0 saturated carbocycles. The van der Waals surface area contributed by atoms with Gasteiger partial charge in [0.05, 0.1) is 0 Å². The molecular formula is C24H54N2. The second kappa shape index (κ2) is 27.1. The van der Waals surface area contributed by atoms with Gasteiger partial charge >= 0.3 is 0 Å². The molecule has 0 fully saturated rings. The summed E-state index contributed by atoms with van der Waals surface area (Å²) < 4.78 is 0. The molecule has 0 amide bonds. The lowest BCUT2D eigenvalue weighted by Crippen LogP contribution is -2.12. The van der Waals surface area contributed by atoms with Crippen molar-refractivity contribution in [2.75, 3.05) is 27.2 Å². The van der Waals surface area contributed by atoms with Crippen molar-refractivity contribution < 1.29 is 0 Å². The van der Waals surface area contributed by atoms with E-state index in [0.29, 0.717) is 0 Å². The largest absolute Gasteiger partial charge is 0.330 e. The number of nitrogens with zero attached hydrogens (tertiary/aromatic N) is 1. The van der Waals surface area contributed by atoms with Crippen LogP contribution in [0.1, 0.15) is 129 Å². The maximum atomic E-state index is 5.42. The lowest BCUT2D eigenvalue weighted by atomic mass is 10.1. The van der Waals surface area contributed by atoms with Gasteiger partial charge < -0.3 is 10.6 Å². The summed E-state index contributed by atoms with van der Waals surface area (Å²) in [6.45, 7) is 6.68. The molecule has 0 heterocycles. The van der Waals surface area contributed by atoms with E-state index in [4.69, 9.17) is 5.73 Å². The fraction of sp³-hybridized carbons (Fsp3) is 1.00. The molecule has 2 heteroatoms. The SMILES string of the molecule is CCCCCCCCCCCCN.CCCCCCCCCCN(C)C. The molecule has 0 aromatic rings. The molecule has 0 atom stereocenters. The van der Waals surface area contributed by atoms with Gasteiger partial charge in [-0.3, -0.25) is 0 Å². The Morgan fingerprint density at radius 3 is 1.08 bits per heavy atom. The summed E-state index contributed by atoms with van der Waals surface area (Å²) in [5.74, 6) is 0. The minimum absolute atomic E-state index is 0.872. The smallest absolute Gasteiger partial charge is 0.00248 e. The van der Waals surface area contributed by atoms with Crippen LogP contribution < -0.4 is 5.73 Å². The zero-order valence-corrected chi connectivity index (χ0v) is 19.2. The molecule has 0 rings (SSSR count). The van der Waals surface area contributed by atoms with E-state index in [0.717, 1.165) is 6.54 Å². The van der Waals surface area contributed by atoms with Gasteiger partial charge in [-0.2, -0.15) is 0 Å². The molecule has 0 radical (unpaired) electrons. The Hall–Kier alpha value is -0.0800. The van der Waals surface area contributed by atoms with Crippen molar-refractivity contribution in [1.82, 2.24) is 4.90 Å². The molecule has 0 unspecified atom stereocenters. The summed E-state index contributed by atoms with van der Waals surface area (Å²) in [7, 11) is 4.31. The lowest BCUT2D eigenvalue weighted by Gasteiger charge is -2.08. The van der Waals surface area contributed by atoms with Gasteiger partial charge in [0.2, 0.25) is 0 Å². The molecule has 0 bridgehead atoms. The first-order valence-electron chi connectivity index (χ1n) is 12.0. The summed E-state index contributed by atoms with van der Waals surface area (Å²) in [4.78, 5) is 2.27. The van der Waals surface area contributed by atoms with Gasteiger partial charge in [0.1, 0.15) is 0 Å². The van der Waals surface area contributed by atoms with Crippen LogP contribution in [0.3, 0.4) is 0 Å². The van der Waals surface area contributed by atoms with Gasteiger partial charge in [-0.1, -0.05) is 117 Å². The normalized spacial score (nSPS) is 10.8. The maximum absolute atomic E-state index is 5.42. The predicted molar refractivity (Wildman–Crippen MR) is 122 cm³/mol. The molecule has 0 spiro atoms. The Kier molecular flexibility index (Phi) is 29.4. The molecule has 0 aliphatic heterocycles. The first kappa shape index (κ1) is 28.1. The van der Waals surface area contributed by atoms with Crippen molar-refractivity contribution in [2.45, 2.75) is 129 Å². The zero-order chi connectivity index (χ0) is 19.7. The second-order valence-electron chi connectivity index (χ2n) is 8.25. The quantitative estimate of drug-likeness (QED) is 0.238. The lowest BCUT2D eigenvalue weighted by molar-refractivity contribution is 0.389. The molecular weight excluding hydrogens is 316 g/mol. The summed E-state index contributed by atoms with van der Waals surface area (Å²) in [6, 6.07) is 0. The first-order chi connectivity index (χ1) is 12.7. The van der Waals surface area contributed by atoms with Crippen LogP contribution in [0.25, 0.3) is 0 Å². The van der Waals surface area contributed by atoms with Crippen molar-refractivity contribution in [3.63, 3.8) is 0 Å². The fourth-order valence-electron chi connectivity index (χ4n) is 3.19. The van der Waals surface area contributed by atoms with Gasteiger partial charge in [0.15, 0.2) is 0 Å². The minimum atomic E-state index is 0.872. The highest BCUT2D eigenvalue weighted by Gasteiger charge is 1.92. The van der Waals surface area contributed by atoms with Gasteiger partial charge in [-0.15, -0.1) is 0 Å². The van der Waals surface area contributed by atoms with E-state index in [9.17, 15) is 0 Å². The molecule has 26 heavy (non-hydrogen) atoms. The van der Waals surface area contributed by atoms with E-state index in [1.165, 1.54) is 122 Å². The Labute approximate surface area is 167 Å². The highest BCUT2D eigenvalue weighted by Crippen LogP contribution is 2.10. The summed E-state index contributed by atoms with van der Waals surface area (Å²) in [5, 5.41) is 0. The third-order valence-corrected chi connectivity index (χ3v) is 5.02. The van der Waals surface area contributed by atoms with Crippen LogP contribution in [0.4, 0.5) is 0 Å². The third-order valence-electron chi connectivity index (χ3n) is 5.02. The number of unbranched alkanes of at least 4 members (excludes halogenated alkanes) is 16. The summed E-state index contributed by atoms with van der Waals surface area (Å²) in [5.41, 5.74) is 5.42. The predicted octanol–water partition coefficient (Wildman–Crippen LogP) is 7.55. The Morgan fingerprint density at radius 1 is 0.462 bits per heavy atom. The fourth-order valence-corrected chi connectivity index (χ4v) is 3.19. The number of hydrogen-bond acceptors (Lipinski definition) is 2. The highest BCUT2D eigenvalue weighted by atomic mass is 15.0. The first-order valence-corrected chi connectivity index (χ1v) is 12.0. The van der Waals surface area contributed by atoms with E-state index in [-0.39, 0.29) is 0 Å². The van der Waals surface area contributed by atoms with Crippen LogP contribution in [-0.4, -0.2) is 32.1 Å². The van der Waals surface area contributed by atoms with Crippen LogP contribution in [0.15, 0.2) is 0 Å². The van der Waals surface area contributed by atoms with Crippen LogP contribution in [0, 0.1) is 0 Å². The van der Waals surface area contributed by atoms with E-state index in [1.54, 1.807) is 0 Å². The van der Waals surface area contributed by atoms with E-state index >= 15 is 0 Å². The Balaban J connectivity index is 0. The van der Waals surface area contributed by atoms with Crippen LogP contribution in [-0.2, 0) is 0 Å². The van der Waals surface area contributed by atoms with Gasteiger partial charge in [0, 0.05) is 0 Å². The van der Waals surface area contributed by atoms with Gasteiger partial charge in [0.25, 0.3) is 0 Å². The second-order valence-corrected chi connectivity index (χ2v) is 8.25. The number of hydrogen-bond donors (Lipinski definition) is 1. The standard InChI is InChI=1S/2C12H27N/c1-4-5-6-7-8-9-10-11-12-13(2)3;1-2-3-4-5-6-7-8-9-10-11-12-13/h4-12H2,1-3H3;2-13H2,1H3. The van der Waals surface area contributed by atoms with Crippen molar-refractivity contribution >= 4 is 0 Å². The molecule has 0 saturated heterocycles. The molecule has 0 aliphatic carbocycles. The summed E-state index contributed by atoms with van der Waals surface area (Å²) in [6.07, 6.45) is 25.3. The average Bonchev–Trinajstić information content (AvgIpc) is 2.63. The van der Waals surface area contributed by atoms with Crippen LogP contribution in [0.5, 0.6) is 0 Å². The monoisotopic (exact) mass is 370 g/mol. The minimum Gasteiger partial charge on any atom is -0.330 e. The number of nitrogens with two attached hydrogens (primary N) is 1. The van der Waals surface area contributed by atoms with E-state index in [2.05, 4.69) is 32.8 Å². The number of rotatable bonds is 19. The zero-order valence-electron chi connectivity index (χ0n) is 19.2. The molecule has 0 aromatic heterocycles. The Morgan fingerprint density at radius 2 is 0.769 bits per heavy atom. The topological polar surface area (TPSA) is 29.3 Å². The van der Waals surface area contributed by atoms with Crippen molar-refractivity contribution in [2.24, 2.45) is 5.73 Å². The van der Waals surface area contributed by atoms with E-state index in [1.807, 2.05) is 0 Å². The average molecular weight is 371 g/mol. The van der Waals surface area contributed by atoms with Crippen LogP contribution >= 0.6 is 0 Å².